The van der Waals surface area contributed by atoms with Crippen molar-refractivity contribution in [1.29, 1.82) is 0 Å². The third-order valence-electron chi connectivity index (χ3n) is 2.69. The summed E-state index contributed by atoms with van der Waals surface area (Å²) >= 11 is 0. The number of aryl methyl sites for hydroxylation is 1. The Labute approximate surface area is 105 Å². The first kappa shape index (κ1) is 12.1. The van der Waals surface area contributed by atoms with Crippen LogP contribution >= 0.6 is 0 Å². The van der Waals surface area contributed by atoms with Gasteiger partial charge in [0.15, 0.2) is 5.43 Å². The van der Waals surface area contributed by atoms with Gasteiger partial charge in [0.1, 0.15) is 5.56 Å². The van der Waals surface area contributed by atoms with Gasteiger partial charge in [0.05, 0.1) is 0 Å². The van der Waals surface area contributed by atoms with Crippen molar-refractivity contribution < 1.29 is 4.79 Å². The second kappa shape index (κ2) is 5.31. The smallest absolute Gasteiger partial charge is 0.261 e. The number of amides is 1. The van der Waals surface area contributed by atoms with Gasteiger partial charge in [-0.2, -0.15) is 0 Å². The summed E-state index contributed by atoms with van der Waals surface area (Å²) in [5.74, 6) is -0.402. The number of benzene rings is 1. The highest BCUT2D eigenvalue weighted by Gasteiger charge is 2.09. The number of carbonyl (C=O) groups excluding carboxylic acids is 1. The quantitative estimate of drug-likeness (QED) is 0.866. The molecule has 0 saturated heterocycles. The average Bonchev–Trinajstić information content (AvgIpc) is 2.40. The highest BCUT2D eigenvalue weighted by Crippen LogP contribution is 2.10. The van der Waals surface area contributed by atoms with Crippen LogP contribution in [0.15, 0.2) is 47.5 Å². The van der Waals surface area contributed by atoms with Gasteiger partial charge in [0, 0.05) is 24.1 Å². The maximum Gasteiger partial charge on any atom is 0.261 e. The molecule has 4 heteroatoms. The van der Waals surface area contributed by atoms with E-state index in [2.05, 4.69) is 17.2 Å². The lowest BCUT2D eigenvalue weighted by Gasteiger charge is -2.05. The van der Waals surface area contributed by atoms with Crippen LogP contribution in [0.1, 0.15) is 22.8 Å². The van der Waals surface area contributed by atoms with Crippen LogP contribution in [-0.2, 0) is 6.42 Å². The van der Waals surface area contributed by atoms with Crippen LogP contribution in [0.25, 0.3) is 0 Å². The van der Waals surface area contributed by atoms with Crippen molar-refractivity contribution in [3.63, 3.8) is 0 Å². The summed E-state index contributed by atoms with van der Waals surface area (Å²) in [6.45, 7) is 2.07. The van der Waals surface area contributed by atoms with E-state index in [0.29, 0.717) is 5.69 Å². The molecule has 2 N–H and O–H groups in total. The number of aromatic amines is 1. The molecule has 0 unspecified atom stereocenters. The third kappa shape index (κ3) is 2.66. The summed E-state index contributed by atoms with van der Waals surface area (Å²) in [4.78, 5) is 26.1. The molecule has 0 radical (unpaired) electrons. The average molecular weight is 242 g/mol. The lowest BCUT2D eigenvalue weighted by molar-refractivity contribution is 0.102. The first-order valence-electron chi connectivity index (χ1n) is 5.78. The van der Waals surface area contributed by atoms with Gasteiger partial charge in [0.2, 0.25) is 0 Å². The fraction of sp³-hybridized carbons (Fsp3) is 0.143. The first-order valence-corrected chi connectivity index (χ1v) is 5.78. The summed E-state index contributed by atoms with van der Waals surface area (Å²) < 4.78 is 0. The maximum absolute atomic E-state index is 11.9. The van der Waals surface area contributed by atoms with Gasteiger partial charge in [0.25, 0.3) is 5.91 Å². The molecule has 0 aliphatic carbocycles. The molecule has 1 amide bonds. The molecule has 0 aliphatic heterocycles. The van der Waals surface area contributed by atoms with Crippen LogP contribution in [0, 0.1) is 0 Å². The molecule has 4 nitrogen and oxygen atoms in total. The van der Waals surface area contributed by atoms with Crippen molar-refractivity contribution >= 4 is 11.6 Å². The van der Waals surface area contributed by atoms with E-state index in [1.165, 1.54) is 24.0 Å². The zero-order valence-corrected chi connectivity index (χ0v) is 10.1. The van der Waals surface area contributed by atoms with Gasteiger partial charge in [-0.25, -0.2) is 0 Å². The van der Waals surface area contributed by atoms with E-state index in [1.807, 2.05) is 24.3 Å². The fourth-order valence-corrected chi connectivity index (χ4v) is 1.62. The van der Waals surface area contributed by atoms with Gasteiger partial charge in [-0.15, -0.1) is 0 Å². The minimum Gasteiger partial charge on any atom is -0.367 e. The van der Waals surface area contributed by atoms with Gasteiger partial charge in [-0.1, -0.05) is 19.1 Å². The number of pyridine rings is 1. The number of H-pyrrole nitrogens is 1. The van der Waals surface area contributed by atoms with E-state index < -0.39 is 5.91 Å². The molecular weight excluding hydrogens is 228 g/mol. The highest BCUT2D eigenvalue weighted by molar-refractivity contribution is 6.03. The summed E-state index contributed by atoms with van der Waals surface area (Å²) in [7, 11) is 0. The predicted molar refractivity (Wildman–Crippen MR) is 70.8 cm³/mol. The lowest BCUT2D eigenvalue weighted by Crippen LogP contribution is -2.20. The lowest BCUT2D eigenvalue weighted by atomic mass is 10.1. The van der Waals surface area contributed by atoms with E-state index >= 15 is 0 Å². The Morgan fingerprint density at radius 2 is 1.94 bits per heavy atom. The monoisotopic (exact) mass is 242 g/mol. The van der Waals surface area contributed by atoms with E-state index in [-0.39, 0.29) is 11.0 Å². The molecule has 18 heavy (non-hydrogen) atoms. The standard InChI is InChI=1S/C14H14N2O2/c1-2-10-3-5-11(6-4-10)16-14(18)12-9-15-8-7-13(12)17/h3-9H,2H2,1H3,(H,15,17)(H,16,18). The van der Waals surface area contributed by atoms with Crippen molar-refractivity contribution in [2.24, 2.45) is 0 Å². The van der Waals surface area contributed by atoms with E-state index in [9.17, 15) is 9.59 Å². The number of nitrogens with one attached hydrogen (secondary N) is 2. The van der Waals surface area contributed by atoms with Gasteiger partial charge in [-0.05, 0) is 24.1 Å². The van der Waals surface area contributed by atoms with Crippen molar-refractivity contribution in [2.45, 2.75) is 13.3 Å². The van der Waals surface area contributed by atoms with Gasteiger partial charge in [-0.3, -0.25) is 9.59 Å². The van der Waals surface area contributed by atoms with E-state index in [4.69, 9.17) is 0 Å². The second-order valence-corrected chi connectivity index (χ2v) is 3.93. The summed E-state index contributed by atoms with van der Waals surface area (Å²) in [5.41, 5.74) is 1.69. The van der Waals surface area contributed by atoms with Crippen LogP contribution in [0.3, 0.4) is 0 Å². The number of anilines is 1. The van der Waals surface area contributed by atoms with Crippen LogP contribution in [0.2, 0.25) is 0 Å². The molecule has 2 rings (SSSR count). The fourth-order valence-electron chi connectivity index (χ4n) is 1.62. The Morgan fingerprint density at radius 3 is 2.56 bits per heavy atom. The molecule has 0 atom stereocenters. The number of aromatic nitrogens is 1. The largest absolute Gasteiger partial charge is 0.367 e. The normalized spacial score (nSPS) is 10.1. The maximum atomic E-state index is 11.9. The Hall–Kier alpha value is -2.36. The summed E-state index contributed by atoms with van der Waals surface area (Å²) in [6.07, 6.45) is 3.85. The molecule has 1 aromatic heterocycles. The Bertz CT molecular complexity index is 600. The Balaban J connectivity index is 2.16. The van der Waals surface area contributed by atoms with Crippen LogP contribution in [0.5, 0.6) is 0 Å². The van der Waals surface area contributed by atoms with Crippen LogP contribution in [0.4, 0.5) is 5.69 Å². The van der Waals surface area contributed by atoms with E-state index in [0.717, 1.165) is 6.42 Å². The molecule has 1 heterocycles. The molecule has 0 spiro atoms. The third-order valence-corrected chi connectivity index (χ3v) is 2.69. The molecule has 0 bridgehead atoms. The minimum absolute atomic E-state index is 0.108. The Morgan fingerprint density at radius 1 is 1.22 bits per heavy atom. The molecule has 0 aliphatic rings. The topological polar surface area (TPSA) is 62.0 Å². The molecule has 0 saturated carbocycles. The first-order chi connectivity index (χ1) is 8.70. The highest BCUT2D eigenvalue weighted by atomic mass is 16.2. The van der Waals surface area contributed by atoms with Crippen molar-refractivity contribution in [3.05, 3.63) is 64.1 Å². The van der Waals surface area contributed by atoms with Crippen LogP contribution < -0.4 is 10.7 Å². The van der Waals surface area contributed by atoms with Crippen LogP contribution in [-0.4, -0.2) is 10.9 Å². The molecule has 2 aromatic rings. The minimum atomic E-state index is -0.402. The van der Waals surface area contributed by atoms with E-state index in [1.54, 1.807) is 0 Å². The molecule has 92 valence electrons. The predicted octanol–water partition coefficient (Wildman–Crippen LogP) is 2.19. The number of carbonyl (C=O) groups is 1. The van der Waals surface area contributed by atoms with Crippen molar-refractivity contribution in [2.75, 3.05) is 5.32 Å². The van der Waals surface area contributed by atoms with Crippen molar-refractivity contribution in [1.82, 2.24) is 4.98 Å². The molecular formula is C14H14N2O2. The van der Waals surface area contributed by atoms with Gasteiger partial charge < -0.3 is 10.3 Å². The summed E-state index contributed by atoms with van der Waals surface area (Å²) in [5, 5.41) is 2.69. The molecule has 0 fully saturated rings. The Kier molecular flexibility index (Phi) is 3.57. The van der Waals surface area contributed by atoms with Crippen molar-refractivity contribution in [3.8, 4) is 0 Å². The SMILES string of the molecule is CCc1ccc(NC(=O)c2c[nH]ccc2=O)cc1. The number of hydrogen-bond acceptors (Lipinski definition) is 2. The van der Waals surface area contributed by atoms with Gasteiger partial charge >= 0.3 is 0 Å². The zero-order chi connectivity index (χ0) is 13.0. The second-order valence-electron chi connectivity index (χ2n) is 3.93. The number of rotatable bonds is 3. The summed E-state index contributed by atoms with van der Waals surface area (Å²) in [6, 6.07) is 8.88. The molecule has 1 aromatic carbocycles. The number of hydrogen-bond donors (Lipinski definition) is 2. The zero-order valence-electron chi connectivity index (χ0n) is 10.1.